The molecule has 0 bridgehead atoms. The molecule has 0 aromatic rings. The maximum absolute atomic E-state index is 9.36. The fraction of sp³-hybridized carbons (Fsp3) is 0. The van der Waals surface area contributed by atoms with E-state index in [9.17, 15) is 28.8 Å². The van der Waals surface area contributed by atoms with Crippen LogP contribution >= 0.6 is 0 Å². The smallest absolute Gasteiger partial charge is 0.862 e. The van der Waals surface area contributed by atoms with E-state index < -0.39 is 18.1 Å². The molecule has 11 heteroatoms. The van der Waals surface area contributed by atoms with E-state index >= 15 is 0 Å². The van der Waals surface area contributed by atoms with Gasteiger partial charge >= 0.3 is 51.7 Å². The SMILES string of the molecule is [In+3].[In+3].[O-][Si]([O-])([O-])O[Si]([O-])([O-])[O-]. The monoisotopic (exact) mass is 398 g/mol. The van der Waals surface area contributed by atoms with Gasteiger partial charge in [-0.15, -0.1) is 18.1 Å². The van der Waals surface area contributed by atoms with Crippen molar-refractivity contribution in [3.63, 3.8) is 0 Å². The molecule has 0 aromatic heterocycles. The minimum absolute atomic E-state index is 0. The van der Waals surface area contributed by atoms with E-state index in [1.54, 1.807) is 0 Å². The minimum Gasteiger partial charge on any atom is -0.862 e. The van der Waals surface area contributed by atoms with Gasteiger partial charge in [0.15, 0.2) is 0 Å². The molecule has 0 radical (unpaired) electrons. The fourth-order valence-electron chi connectivity index (χ4n) is 0.153. The average Bonchev–Trinajstić information content (AvgIpc) is 1.14. The van der Waals surface area contributed by atoms with Crippen LogP contribution in [0.2, 0.25) is 0 Å². The van der Waals surface area contributed by atoms with E-state index in [-0.39, 0.29) is 51.7 Å². The molecule has 0 amide bonds. The Morgan fingerprint density at radius 1 is 0.636 bits per heavy atom. The van der Waals surface area contributed by atoms with E-state index in [1.165, 1.54) is 0 Å². The topological polar surface area (TPSA) is 148 Å². The number of hydrogen-bond acceptors (Lipinski definition) is 7. The van der Waals surface area contributed by atoms with E-state index in [0.29, 0.717) is 0 Å². The molecule has 0 rings (SSSR count). The second-order valence-corrected chi connectivity index (χ2v) is 3.92. The van der Waals surface area contributed by atoms with E-state index in [4.69, 9.17) is 0 Å². The summed E-state index contributed by atoms with van der Waals surface area (Å²) in [6.45, 7) is 0. The molecular formula is In2O7Si2. The summed E-state index contributed by atoms with van der Waals surface area (Å²) in [5.41, 5.74) is 0. The third kappa shape index (κ3) is 18.7. The Bertz CT molecular complexity index is 79.6. The molecule has 0 saturated carbocycles. The molecule has 0 aromatic carbocycles. The fourth-order valence-corrected chi connectivity index (χ4v) is 1.38. The first-order valence-corrected chi connectivity index (χ1v) is 4.90. The largest absolute Gasteiger partial charge is 3.00 e. The molecule has 0 spiro atoms. The van der Waals surface area contributed by atoms with Gasteiger partial charge in [0, 0.05) is 0 Å². The summed E-state index contributed by atoms with van der Waals surface area (Å²) in [7, 11) is -11.8. The van der Waals surface area contributed by atoms with Gasteiger partial charge in [-0.2, -0.15) is 0 Å². The van der Waals surface area contributed by atoms with Crippen LogP contribution in [0, 0.1) is 0 Å². The summed E-state index contributed by atoms with van der Waals surface area (Å²) >= 11 is 0. The Morgan fingerprint density at radius 3 is 0.818 bits per heavy atom. The van der Waals surface area contributed by atoms with Crippen molar-refractivity contribution in [1.29, 1.82) is 0 Å². The summed E-state index contributed by atoms with van der Waals surface area (Å²) < 4.78 is 2.57. The molecule has 0 aliphatic heterocycles. The third-order valence-electron chi connectivity index (χ3n) is 0.250. The molecular weight excluding hydrogens is 398 g/mol. The van der Waals surface area contributed by atoms with Crippen molar-refractivity contribution in [2.24, 2.45) is 0 Å². The molecule has 0 saturated heterocycles. The molecule has 56 valence electrons. The molecule has 11 heavy (non-hydrogen) atoms. The van der Waals surface area contributed by atoms with Crippen molar-refractivity contribution < 1.29 is 32.9 Å². The maximum Gasteiger partial charge on any atom is 3.00 e. The Kier molecular flexibility index (Phi) is 10.8. The van der Waals surface area contributed by atoms with E-state index in [0.717, 1.165) is 0 Å². The van der Waals surface area contributed by atoms with Crippen LogP contribution in [0.25, 0.3) is 0 Å². The summed E-state index contributed by atoms with van der Waals surface area (Å²) in [4.78, 5) is 56.2. The molecule has 0 heterocycles. The maximum atomic E-state index is 9.36. The normalized spacial score (nSPS) is 11.5. The minimum atomic E-state index is -5.92. The summed E-state index contributed by atoms with van der Waals surface area (Å²) in [6.07, 6.45) is 0. The van der Waals surface area contributed by atoms with Gasteiger partial charge in [-0.1, -0.05) is 0 Å². The van der Waals surface area contributed by atoms with E-state index in [2.05, 4.69) is 4.12 Å². The van der Waals surface area contributed by atoms with Crippen molar-refractivity contribution in [2.75, 3.05) is 0 Å². The van der Waals surface area contributed by atoms with Crippen molar-refractivity contribution in [3.8, 4) is 0 Å². The van der Waals surface area contributed by atoms with Crippen LogP contribution in [0.5, 0.6) is 0 Å². The van der Waals surface area contributed by atoms with Crippen LogP contribution in [0.4, 0.5) is 0 Å². The molecule has 7 nitrogen and oxygen atoms in total. The third-order valence-corrected chi connectivity index (χ3v) is 2.25. The predicted molar refractivity (Wildman–Crippen MR) is 24.1 cm³/mol. The molecule has 0 fully saturated rings. The van der Waals surface area contributed by atoms with Crippen molar-refractivity contribution >= 4 is 69.8 Å². The first-order chi connectivity index (χ1) is 3.71. The second-order valence-electron chi connectivity index (χ2n) is 1.10. The molecule has 0 aliphatic carbocycles. The molecule has 0 atom stereocenters. The Morgan fingerprint density at radius 2 is 0.818 bits per heavy atom. The summed E-state index contributed by atoms with van der Waals surface area (Å²) in [6, 6.07) is 0. The van der Waals surface area contributed by atoms with Crippen LogP contribution in [0.15, 0.2) is 0 Å². The van der Waals surface area contributed by atoms with Gasteiger partial charge in [-0.05, 0) is 0 Å². The van der Waals surface area contributed by atoms with Crippen LogP contribution in [-0.2, 0) is 4.12 Å². The van der Waals surface area contributed by atoms with Crippen LogP contribution in [0.1, 0.15) is 0 Å². The molecule has 0 aliphatic rings. The number of rotatable bonds is 2. The molecule has 0 N–H and O–H groups in total. The Labute approximate surface area is 102 Å². The summed E-state index contributed by atoms with van der Waals surface area (Å²) in [5, 5.41) is 0. The number of hydrogen-bond donors (Lipinski definition) is 0. The van der Waals surface area contributed by atoms with Gasteiger partial charge in [0.05, 0.1) is 0 Å². The van der Waals surface area contributed by atoms with Crippen LogP contribution in [-0.4, -0.2) is 69.8 Å². The average molecular weight is 398 g/mol. The zero-order chi connectivity index (χ0) is 7.71. The predicted octanol–water partition coefficient (Wildman–Crippen LogP) is -8.73. The van der Waals surface area contributed by atoms with Gasteiger partial charge in [-0.25, -0.2) is 0 Å². The Hall–Kier alpha value is 1.89. The van der Waals surface area contributed by atoms with Gasteiger partial charge < -0.3 is 32.9 Å². The standard InChI is InChI=1S/2In.O7Si2/c;;1-8(2,3)7-9(4,5)6/q2*+3;-6. The summed E-state index contributed by atoms with van der Waals surface area (Å²) in [5.74, 6) is 0. The second kappa shape index (κ2) is 6.36. The van der Waals surface area contributed by atoms with Crippen LogP contribution in [0.3, 0.4) is 0 Å². The quantitative estimate of drug-likeness (QED) is 0.420. The first-order valence-electron chi connectivity index (χ1n) is 1.63. The van der Waals surface area contributed by atoms with Gasteiger partial charge in [0.25, 0.3) is 0 Å². The van der Waals surface area contributed by atoms with Crippen molar-refractivity contribution in [1.82, 2.24) is 0 Å². The van der Waals surface area contributed by atoms with Crippen LogP contribution < -0.4 is 28.8 Å². The van der Waals surface area contributed by atoms with Gasteiger partial charge in [-0.3, -0.25) is 0 Å². The van der Waals surface area contributed by atoms with E-state index in [1.807, 2.05) is 0 Å². The van der Waals surface area contributed by atoms with Gasteiger partial charge in [0.2, 0.25) is 0 Å². The van der Waals surface area contributed by atoms with Crippen molar-refractivity contribution in [2.45, 2.75) is 0 Å². The zero-order valence-electron chi connectivity index (χ0n) is 5.01. The zero-order valence-corrected chi connectivity index (χ0v) is 13.6. The Balaban J connectivity index is -0.000000320. The van der Waals surface area contributed by atoms with Crippen molar-refractivity contribution in [3.05, 3.63) is 0 Å². The molecule has 0 unspecified atom stereocenters. The first kappa shape index (κ1) is 18.6. The van der Waals surface area contributed by atoms with Gasteiger partial charge in [0.1, 0.15) is 0 Å².